The summed E-state index contributed by atoms with van der Waals surface area (Å²) < 4.78 is 0.822. The summed E-state index contributed by atoms with van der Waals surface area (Å²) in [5, 5.41) is 16.0. The minimum absolute atomic E-state index is 0.205. The smallest absolute Gasteiger partial charge is 0.0332 e. The van der Waals surface area contributed by atoms with Crippen molar-refractivity contribution < 1.29 is 0 Å². The standard InChI is InChI=1S/C28H56N4S4/c1-25(2)17-29-21-13-9-10-14-22(21)31-19-27(5,6)35-36-28(7,8)20-32-24-16-12-11-15-23(24)30-18-26(3,4)34-33-25/h21-24,29-32H,9-20H2,1-8H3/t21-,22-,23-,24-/m1/s1. The van der Waals surface area contributed by atoms with E-state index in [0.717, 1.165) is 26.2 Å². The third kappa shape index (κ3) is 11.0. The van der Waals surface area contributed by atoms with Crippen LogP contribution in [0.2, 0.25) is 0 Å². The molecule has 8 heteroatoms. The molecule has 0 aromatic rings. The number of rotatable bonds is 0. The highest BCUT2D eigenvalue weighted by atomic mass is 33.1. The van der Waals surface area contributed by atoms with E-state index >= 15 is 0 Å². The fraction of sp³-hybridized carbons (Fsp3) is 1.00. The summed E-state index contributed by atoms with van der Waals surface area (Å²) in [4.78, 5) is 0. The van der Waals surface area contributed by atoms with Crippen molar-refractivity contribution in [1.82, 2.24) is 21.3 Å². The number of hydrogen-bond donors (Lipinski definition) is 4. The second-order valence-corrected chi connectivity index (χ2v) is 21.0. The van der Waals surface area contributed by atoms with Crippen LogP contribution >= 0.6 is 43.2 Å². The lowest BCUT2D eigenvalue weighted by atomic mass is 9.89. The zero-order chi connectivity index (χ0) is 26.5. The van der Waals surface area contributed by atoms with E-state index in [1.165, 1.54) is 51.4 Å². The molecular formula is C28H56N4S4. The predicted octanol–water partition coefficient (Wildman–Crippen LogP) is 6.86. The fourth-order valence-corrected chi connectivity index (χ4v) is 10.2. The Morgan fingerprint density at radius 2 is 0.583 bits per heavy atom. The molecular weight excluding hydrogens is 521 g/mol. The molecule has 1 heterocycles. The summed E-state index contributed by atoms with van der Waals surface area (Å²) in [5.41, 5.74) is 0. The fourth-order valence-electron chi connectivity index (χ4n) is 5.32. The van der Waals surface area contributed by atoms with Crippen molar-refractivity contribution in [3.05, 3.63) is 0 Å². The quantitative estimate of drug-likeness (QED) is 0.233. The van der Waals surface area contributed by atoms with Gasteiger partial charge in [0, 0.05) is 69.3 Å². The lowest BCUT2D eigenvalue weighted by Gasteiger charge is -2.40. The monoisotopic (exact) mass is 576 g/mol. The average Bonchev–Trinajstić information content (AvgIpc) is 2.82. The van der Waals surface area contributed by atoms with E-state index < -0.39 is 0 Å². The van der Waals surface area contributed by atoms with Crippen LogP contribution in [0, 0.1) is 0 Å². The van der Waals surface area contributed by atoms with Crippen molar-refractivity contribution in [2.24, 2.45) is 0 Å². The van der Waals surface area contributed by atoms with Crippen LogP contribution in [0.5, 0.6) is 0 Å². The third-order valence-corrected chi connectivity index (χ3v) is 16.1. The molecule has 0 aromatic heterocycles. The van der Waals surface area contributed by atoms with Gasteiger partial charge in [-0.1, -0.05) is 68.9 Å². The van der Waals surface area contributed by atoms with Gasteiger partial charge in [0.1, 0.15) is 0 Å². The number of hydrogen-bond acceptors (Lipinski definition) is 8. The van der Waals surface area contributed by atoms with Gasteiger partial charge in [-0.3, -0.25) is 0 Å². The lowest BCUT2D eigenvalue weighted by molar-refractivity contribution is 0.275. The van der Waals surface area contributed by atoms with Gasteiger partial charge in [0.05, 0.1) is 0 Å². The van der Waals surface area contributed by atoms with Crippen LogP contribution in [-0.2, 0) is 0 Å². The highest BCUT2D eigenvalue weighted by Crippen LogP contribution is 2.44. The molecule has 0 unspecified atom stereocenters. The van der Waals surface area contributed by atoms with Crippen molar-refractivity contribution in [1.29, 1.82) is 0 Å². The van der Waals surface area contributed by atoms with Crippen LogP contribution < -0.4 is 21.3 Å². The maximum atomic E-state index is 4.01. The first-order valence-corrected chi connectivity index (χ1v) is 18.7. The van der Waals surface area contributed by atoms with Crippen molar-refractivity contribution >= 4 is 43.2 Å². The van der Waals surface area contributed by atoms with E-state index in [-0.39, 0.29) is 19.0 Å². The Bertz CT molecular complexity index is 558. The van der Waals surface area contributed by atoms with Gasteiger partial charge in [-0.05, 0) is 81.1 Å². The van der Waals surface area contributed by atoms with Crippen molar-refractivity contribution in [3.8, 4) is 0 Å². The Kier molecular flexibility index (Phi) is 12.1. The second kappa shape index (κ2) is 13.7. The van der Waals surface area contributed by atoms with Gasteiger partial charge in [0.2, 0.25) is 0 Å². The van der Waals surface area contributed by atoms with Crippen LogP contribution in [0.4, 0.5) is 0 Å². The number of nitrogens with one attached hydrogen (secondary N) is 4. The zero-order valence-corrected chi connectivity index (χ0v) is 27.7. The van der Waals surface area contributed by atoms with Gasteiger partial charge in [0.15, 0.2) is 0 Å². The summed E-state index contributed by atoms with van der Waals surface area (Å²) in [7, 11) is 8.30. The maximum absolute atomic E-state index is 4.01. The molecule has 3 rings (SSSR count). The average molecular weight is 577 g/mol. The second-order valence-electron chi connectivity index (χ2n) is 13.9. The summed E-state index contributed by atoms with van der Waals surface area (Å²) in [6, 6.07) is 2.34. The molecule has 0 amide bonds. The van der Waals surface area contributed by atoms with Gasteiger partial charge in [-0.25, -0.2) is 0 Å². The molecule has 2 saturated carbocycles. The molecule has 0 radical (unpaired) electrons. The van der Waals surface area contributed by atoms with E-state index in [2.05, 4.69) is 120 Å². The highest BCUT2D eigenvalue weighted by Gasteiger charge is 2.34. The van der Waals surface area contributed by atoms with Crippen LogP contribution in [0.15, 0.2) is 0 Å². The van der Waals surface area contributed by atoms with Crippen LogP contribution in [0.3, 0.4) is 0 Å². The molecule has 2 aliphatic carbocycles. The van der Waals surface area contributed by atoms with E-state index in [9.17, 15) is 0 Å². The molecule has 4 nitrogen and oxygen atoms in total. The summed E-state index contributed by atoms with van der Waals surface area (Å²) in [6.07, 6.45) is 10.6. The van der Waals surface area contributed by atoms with Crippen molar-refractivity contribution in [3.63, 3.8) is 0 Å². The summed E-state index contributed by atoms with van der Waals surface area (Å²) >= 11 is 0. The number of fused-ring (bicyclic) bond motifs is 2. The van der Waals surface area contributed by atoms with E-state index in [1.54, 1.807) is 0 Å². The van der Waals surface area contributed by atoms with Gasteiger partial charge < -0.3 is 21.3 Å². The molecule has 3 fully saturated rings. The largest absolute Gasteiger partial charge is 0.311 e. The first-order chi connectivity index (χ1) is 16.8. The molecule has 1 aliphatic heterocycles. The Morgan fingerprint density at radius 3 is 0.778 bits per heavy atom. The maximum Gasteiger partial charge on any atom is 0.0332 e. The zero-order valence-electron chi connectivity index (χ0n) is 24.4. The lowest BCUT2D eigenvalue weighted by Crippen LogP contribution is -2.55. The third-order valence-electron chi connectivity index (χ3n) is 7.68. The normalized spacial score (nSPS) is 36.7. The SMILES string of the molecule is CC1(C)CN[C@@H]2CCCC[C@H]2NCC(C)(C)SSC(C)(C)CN[C@@H]2CCCC[C@H]2NCC(C)(C)SS1. The molecule has 1 saturated heterocycles. The molecule has 0 bridgehead atoms. The van der Waals surface area contributed by atoms with Crippen LogP contribution in [0.1, 0.15) is 107 Å². The Hall–Kier alpha value is 1.24. The molecule has 36 heavy (non-hydrogen) atoms. The van der Waals surface area contributed by atoms with E-state index in [1.807, 2.05) is 0 Å². The van der Waals surface area contributed by atoms with Crippen molar-refractivity contribution in [2.75, 3.05) is 26.2 Å². The molecule has 0 aromatic carbocycles. The highest BCUT2D eigenvalue weighted by molar-refractivity contribution is 8.78. The Morgan fingerprint density at radius 1 is 0.389 bits per heavy atom. The van der Waals surface area contributed by atoms with Gasteiger partial charge in [-0.2, -0.15) is 0 Å². The first kappa shape index (κ1) is 31.8. The first-order valence-electron chi connectivity index (χ1n) is 14.4. The Balaban J connectivity index is 1.71. The van der Waals surface area contributed by atoms with Crippen LogP contribution in [-0.4, -0.2) is 69.3 Å². The minimum atomic E-state index is 0.205. The van der Waals surface area contributed by atoms with Crippen molar-refractivity contribution in [2.45, 2.75) is 150 Å². The molecule has 0 spiro atoms. The molecule has 4 atom stereocenters. The summed E-state index contributed by atoms with van der Waals surface area (Å²) in [6.45, 7) is 23.6. The van der Waals surface area contributed by atoms with Gasteiger partial charge >= 0.3 is 0 Å². The van der Waals surface area contributed by atoms with E-state index in [0.29, 0.717) is 24.2 Å². The Labute approximate surface area is 239 Å². The molecule has 212 valence electrons. The molecule has 3 aliphatic rings. The predicted molar refractivity (Wildman–Crippen MR) is 171 cm³/mol. The van der Waals surface area contributed by atoms with E-state index in [4.69, 9.17) is 0 Å². The molecule has 4 N–H and O–H groups in total. The van der Waals surface area contributed by atoms with Gasteiger partial charge in [-0.15, -0.1) is 0 Å². The van der Waals surface area contributed by atoms with Crippen LogP contribution in [0.25, 0.3) is 0 Å². The topological polar surface area (TPSA) is 48.1 Å². The minimum Gasteiger partial charge on any atom is -0.311 e. The van der Waals surface area contributed by atoms with Gasteiger partial charge in [0.25, 0.3) is 0 Å². The summed E-state index contributed by atoms with van der Waals surface area (Å²) in [5.74, 6) is 0.